The first-order valence-corrected chi connectivity index (χ1v) is 6.55. The zero-order valence-electron chi connectivity index (χ0n) is 10.8. The Morgan fingerprint density at radius 2 is 2.32 bits per heavy atom. The Morgan fingerprint density at radius 1 is 1.53 bits per heavy atom. The number of carbonyl (C=O) groups excluding carboxylic acids is 1. The van der Waals surface area contributed by atoms with Crippen molar-refractivity contribution in [1.82, 2.24) is 5.32 Å². The van der Waals surface area contributed by atoms with Gasteiger partial charge in [-0.15, -0.1) is 0 Å². The second-order valence-electron chi connectivity index (χ2n) is 5.37. The number of ether oxygens (including phenoxy) is 1. The fourth-order valence-electron chi connectivity index (χ4n) is 2.91. The molecule has 5 heteroatoms. The predicted molar refractivity (Wildman–Crippen MR) is 69.9 cm³/mol. The van der Waals surface area contributed by atoms with Gasteiger partial charge in [-0.2, -0.15) is 0 Å². The highest BCUT2D eigenvalue weighted by Gasteiger charge is 2.52. The largest absolute Gasteiger partial charge is 0.508 e. The van der Waals surface area contributed by atoms with Crippen LogP contribution >= 0.6 is 0 Å². The van der Waals surface area contributed by atoms with E-state index in [9.17, 15) is 9.90 Å². The summed E-state index contributed by atoms with van der Waals surface area (Å²) in [7, 11) is 0. The van der Waals surface area contributed by atoms with Crippen LogP contribution in [0, 0.1) is 12.8 Å². The molecule has 0 radical (unpaired) electrons. The first-order valence-electron chi connectivity index (χ1n) is 6.55. The molecule has 5 nitrogen and oxygen atoms in total. The summed E-state index contributed by atoms with van der Waals surface area (Å²) in [4.78, 5) is 12.1. The molecule has 1 amide bonds. The molecule has 2 fully saturated rings. The van der Waals surface area contributed by atoms with E-state index in [1.165, 1.54) is 6.07 Å². The number of phenolic OH excluding ortho intramolecular Hbond substituents is 1. The van der Waals surface area contributed by atoms with Crippen LogP contribution in [0.25, 0.3) is 0 Å². The lowest BCUT2D eigenvalue weighted by atomic mass is 9.72. The highest BCUT2D eigenvalue weighted by atomic mass is 16.5. The lowest BCUT2D eigenvalue weighted by molar-refractivity contribution is -0.0161. The van der Waals surface area contributed by atoms with Gasteiger partial charge in [0.05, 0.1) is 12.1 Å². The number of nitrogens with two attached hydrogens (primary N) is 1. The van der Waals surface area contributed by atoms with E-state index in [4.69, 9.17) is 10.5 Å². The van der Waals surface area contributed by atoms with Gasteiger partial charge in [0.2, 0.25) is 0 Å². The predicted octanol–water partition coefficient (Wildman–Crippen LogP) is 0.545. The van der Waals surface area contributed by atoms with Crippen molar-refractivity contribution in [2.75, 3.05) is 6.61 Å². The van der Waals surface area contributed by atoms with E-state index in [0.29, 0.717) is 11.5 Å². The van der Waals surface area contributed by atoms with Gasteiger partial charge in [-0.1, -0.05) is 6.07 Å². The van der Waals surface area contributed by atoms with E-state index in [-0.39, 0.29) is 29.8 Å². The molecule has 1 saturated heterocycles. The summed E-state index contributed by atoms with van der Waals surface area (Å²) < 4.78 is 5.57. The highest BCUT2D eigenvalue weighted by Crippen LogP contribution is 2.37. The molecule has 1 aromatic rings. The number of carbonyl (C=O) groups is 1. The number of phenols is 1. The van der Waals surface area contributed by atoms with Gasteiger partial charge < -0.3 is 20.9 Å². The van der Waals surface area contributed by atoms with Crippen LogP contribution in [0.1, 0.15) is 22.3 Å². The normalized spacial score (nSPS) is 32.5. The number of hydrogen-bond acceptors (Lipinski definition) is 4. The summed E-state index contributed by atoms with van der Waals surface area (Å²) in [5.41, 5.74) is 7.23. The van der Waals surface area contributed by atoms with E-state index in [1.54, 1.807) is 19.1 Å². The van der Waals surface area contributed by atoms with E-state index in [0.717, 1.165) is 18.6 Å². The third kappa shape index (κ3) is 1.99. The van der Waals surface area contributed by atoms with Crippen molar-refractivity contribution in [3.8, 4) is 5.75 Å². The van der Waals surface area contributed by atoms with Crippen LogP contribution < -0.4 is 11.1 Å². The van der Waals surface area contributed by atoms with Crippen molar-refractivity contribution in [3.05, 3.63) is 29.3 Å². The number of nitrogens with one attached hydrogen (secondary N) is 1. The first-order chi connectivity index (χ1) is 9.08. The minimum atomic E-state index is -0.218. The zero-order chi connectivity index (χ0) is 13.6. The maximum atomic E-state index is 12.1. The number of benzene rings is 1. The topological polar surface area (TPSA) is 84.6 Å². The van der Waals surface area contributed by atoms with Crippen molar-refractivity contribution in [1.29, 1.82) is 0 Å². The molecule has 102 valence electrons. The van der Waals surface area contributed by atoms with Crippen LogP contribution in [0.2, 0.25) is 0 Å². The summed E-state index contributed by atoms with van der Waals surface area (Å²) >= 11 is 0. The van der Waals surface area contributed by atoms with Gasteiger partial charge in [0.15, 0.2) is 0 Å². The molecule has 0 spiro atoms. The average molecular weight is 262 g/mol. The minimum Gasteiger partial charge on any atom is -0.508 e. The van der Waals surface area contributed by atoms with E-state index < -0.39 is 0 Å². The van der Waals surface area contributed by atoms with E-state index in [1.807, 2.05) is 0 Å². The molecular formula is C14H18N2O3. The maximum Gasteiger partial charge on any atom is 0.251 e. The van der Waals surface area contributed by atoms with Crippen molar-refractivity contribution in [3.63, 3.8) is 0 Å². The number of hydrogen-bond donors (Lipinski definition) is 3. The second kappa shape index (κ2) is 4.51. The Morgan fingerprint density at radius 3 is 3.05 bits per heavy atom. The van der Waals surface area contributed by atoms with Gasteiger partial charge in [-0.05, 0) is 31.0 Å². The van der Waals surface area contributed by atoms with E-state index >= 15 is 0 Å². The molecule has 1 saturated carbocycles. The van der Waals surface area contributed by atoms with Gasteiger partial charge in [-0.3, -0.25) is 4.79 Å². The average Bonchev–Trinajstić information content (AvgIpc) is 2.83. The van der Waals surface area contributed by atoms with Crippen LogP contribution in [0.3, 0.4) is 0 Å². The molecule has 1 aliphatic carbocycles. The molecule has 1 heterocycles. The minimum absolute atomic E-state index is 0.0319. The smallest absolute Gasteiger partial charge is 0.251 e. The Hall–Kier alpha value is -1.59. The standard InChI is InChI=1S/C14H18N2O3/c1-7-2-3-8(6-10(7)17)14(18)16-12-11(15)9-4-5-19-13(9)12/h2-3,6,9,11-13,17H,4-5,15H2,1H3,(H,16,18). The summed E-state index contributed by atoms with van der Waals surface area (Å²) in [5.74, 6) is 0.280. The summed E-state index contributed by atoms with van der Waals surface area (Å²) in [6, 6.07) is 4.74. The van der Waals surface area contributed by atoms with Crippen LogP contribution in [-0.4, -0.2) is 35.8 Å². The number of aromatic hydroxyl groups is 1. The van der Waals surface area contributed by atoms with Crippen LogP contribution in [0.15, 0.2) is 18.2 Å². The van der Waals surface area contributed by atoms with Gasteiger partial charge in [0.1, 0.15) is 5.75 Å². The summed E-state index contributed by atoms with van der Waals surface area (Å²) in [6.45, 7) is 2.51. The van der Waals surface area contributed by atoms with Gasteiger partial charge in [0.25, 0.3) is 5.91 Å². The fourth-order valence-corrected chi connectivity index (χ4v) is 2.91. The van der Waals surface area contributed by atoms with Crippen molar-refractivity contribution >= 4 is 5.91 Å². The number of rotatable bonds is 2. The van der Waals surface area contributed by atoms with Gasteiger partial charge in [-0.25, -0.2) is 0 Å². The van der Waals surface area contributed by atoms with Crippen LogP contribution in [0.5, 0.6) is 5.75 Å². The molecule has 4 atom stereocenters. The maximum absolute atomic E-state index is 12.1. The van der Waals surface area contributed by atoms with Crippen molar-refractivity contribution < 1.29 is 14.6 Å². The Labute approximate surface area is 111 Å². The molecule has 2 aliphatic rings. The zero-order valence-corrected chi connectivity index (χ0v) is 10.8. The second-order valence-corrected chi connectivity index (χ2v) is 5.37. The Kier molecular flexibility index (Phi) is 2.95. The summed E-state index contributed by atoms with van der Waals surface area (Å²) in [6.07, 6.45) is 1.03. The molecular weight excluding hydrogens is 244 g/mol. The van der Waals surface area contributed by atoms with E-state index in [2.05, 4.69) is 5.32 Å². The highest BCUT2D eigenvalue weighted by molar-refractivity contribution is 5.95. The number of fused-ring (bicyclic) bond motifs is 1. The van der Waals surface area contributed by atoms with Crippen molar-refractivity contribution in [2.24, 2.45) is 11.7 Å². The third-order valence-corrected chi connectivity index (χ3v) is 4.22. The van der Waals surface area contributed by atoms with Gasteiger partial charge >= 0.3 is 0 Å². The molecule has 4 N–H and O–H groups in total. The van der Waals surface area contributed by atoms with Crippen LogP contribution in [0.4, 0.5) is 0 Å². The molecule has 19 heavy (non-hydrogen) atoms. The molecule has 1 aliphatic heterocycles. The summed E-state index contributed by atoms with van der Waals surface area (Å²) in [5, 5.41) is 12.5. The fraction of sp³-hybridized carbons (Fsp3) is 0.500. The SMILES string of the molecule is Cc1ccc(C(=O)NC2C(N)C3CCOC32)cc1O. The molecule has 0 aromatic heterocycles. The first kappa shape index (κ1) is 12.4. The molecule has 1 aromatic carbocycles. The third-order valence-electron chi connectivity index (χ3n) is 4.22. The van der Waals surface area contributed by atoms with Gasteiger partial charge in [0, 0.05) is 24.1 Å². The lowest BCUT2D eigenvalue weighted by Crippen LogP contribution is -2.68. The number of aryl methyl sites for hydroxylation is 1. The Balaban J connectivity index is 1.70. The molecule has 3 rings (SSSR count). The Bertz CT molecular complexity index is 517. The lowest BCUT2D eigenvalue weighted by Gasteiger charge is -2.45. The monoisotopic (exact) mass is 262 g/mol. The van der Waals surface area contributed by atoms with Crippen molar-refractivity contribution in [2.45, 2.75) is 31.5 Å². The quantitative estimate of drug-likeness (QED) is 0.726. The van der Waals surface area contributed by atoms with Crippen LogP contribution in [-0.2, 0) is 4.74 Å². The number of amides is 1. The molecule has 4 unspecified atom stereocenters. The molecule has 0 bridgehead atoms.